The molecule has 0 unspecified atom stereocenters. The molecule has 32 heavy (non-hydrogen) atoms. The minimum absolute atomic E-state index is 0.0729. The van der Waals surface area contributed by atoms with Gasteiger partial charge in [-0.1, -0.05) is 0 Å². The number of aliphatic hydroxyl groups is 5. The number of benzene rings is 1. The summed E-state index contributed by atoms with van der Waals surface area (Å²) >= 11 is 5.58. The number of rotatable bonds is 11. The summed E-state index contributed by atoms with van der Waals surface area (Å²) in [5, 5.41) is 51.5. The van der Waals surface area contributed by atoms with Gasteiger partial charge < -0.3 is 41.1 Å². The summed E-state index contributed by atoms with van der Waals surface area (Å²) < 4.78 is 0.964. The molecule has 14 heteroatoms. The Morgan fingerprint density at radius 3 is 1.56 bits per heavy atom. The molecule has 0 aliphatic carbocycles. The van der Waals surface area contributed by atoms with Crippen molar-refractivity contribution in [1.82, 2.24) is 10.6 Å². The van der Waals surface area contributed by atoms with Crippen LogP contribution in [0.5, 0.6) is 0 Å². The molecule has 1 rings (SSSR count). The average Bonchev–Trinajstić information content (AvgIpc) is 2.74. The first-order chi connectivity index (χ1) is 15.0. The molecule has 2 atom stereocenters. The molecular weight excluding hydrogens is 767 g/mol. The first-order valence-corrected chi connectivity index (χ1v) is 12.5. The average molecular weight is 791 g/mol. The minimum atomic E-state index is -1.18. The number of carbonyl (C=O) groups excluding carboxylic acids is 3. The Kier molecular flexibility index (Phi) is 13.1. The third-order valence-corrected chi connectivity index (χ3v) is 7.32. The predicted octanol–water partition coefficient (Wildman–Crippen LogP) is -0.988. The van der Waals surface area contributed by atoms with E-state index in [1.165, 1.54) is 11.8 Å². The molecule has 0 radical (unpaired) electrons. The number of halogens is 3. The van der Waals surface area contributed by atoms with Crippen molar-refractivity contribution in [2.45, 2.75) is 19.1 Å². The molecule has 0 saturated heterocycles. The van der Waals surface area contributed by atoms with Gasteiger partial charge in [0.1, 0.15) is 0 Å². The summed E-state index contributed by atoms with van der Waals surface area (Å²) in [6.07, 6.45) is -2.35. The van der Waals surface area contributed by atoms with Crippen LogP contribution in [0, 0.1) is 10.7 Å². The minimum Gasteiger partial charge on any atom is -0.395 e. The van der Waals surface area contributed by atoms with Crippen LogP contribution in [0.15, 0.2) is 0 Å². The van der Waals surface area contributed by atoms with E-state index in [4.69, 9.17) is 10.2 Å². The van der Waals surface area contributed by atoms with Crippen molar-refractivity contribution in [3.05, 3.63) is 21.8 Å². The molecule has 0 fully saturated rings. The Morgan fingerprint density at radius 2 is 1.25 bits per heavy atom. The number of nitrogens with zero attached hydrogens (tertiary/aromatic N) is 1. The zero-order chi connectivity index (χ0) is 24.6. The van der Waals surface area contributed by atoms with Gasteiger partial charge in [-0.05, 0) is 67.8 Å². The summed E-state index contributed by atoms with van der Waals surface area (Å²) in [5.74, 6) is -1.69. The fourth-order valence-electron chi connectivity index (χ4n) is 2.54. The van der Waals surface area contributed by atoms with E-state index in [-0.39, 0.29) is 46.6 Å². The van der Waals surface area contributed by atoms with Gasteiger partial charge in [-0.2, -0.15) is 0 Å². The van der Waals surface area contributed by atoms with Gasteiger partial charge in [0.2, 0.25) is 5.91 Å². The van der Waals surface area contributed by atoms with Crippen molar-refractivity contribution in [1.29, 1.82) is 0 Å². The van der Waals surface area contributed by atoms with Crippen LogP contribution in [-0.4, -0.2) is 94.9 Å². The number of carbonyl (C=O) groups is 3. The largest absolute Gasteiger partial charge is 0.395 e. The number of anilines is 1. The van der Waals surface area contributed by atoms with Crippen molar-refractivity contribution in [2.75, 3.05) is 44.4 Å². The highest BCUT2D eigenvalue weighted by atomic mass is 127. The van der Waals surface area contributed by atoms with Crippen molar-refractivity contribution in [3.63, 3.8) is 0 Å². The SMILES string of the molecule is CC(=O)N(CCO)c1c(I)c(C(=O)NC[C@@H](O)CO)c(I)c(C(=O)NC[C@@H](O)CO)c1I. The van der Waals surface area contributed by atoms with Crippen LogP contribution >= 0.6 is 67.8 Å². The van der Waals surface area contributed by atoms with Crippen LogP contribution in [0.25, 0.3) is 0 Å². The van der Waals surface area contributed by atoms with Crippen LogP contribution in [0.3, 0.4) is 0 Å². The third kappa shape index (κ3) is 7.57. The van der Waals surface area contributed by atoms with Crippen molar-refractivity contribution < 1.29 is 39.9 Å². The molecule has 7 N–H and O–H groups in total. The Bertz CT molecular complexity index is 802. The van der Waals surface area contributed by atoms with Crippen LogP contribution in [-0.2, 0) is 4.79 Å². The van der Waals surface area contributed by atoms with Gasteiger partial charge in [0, 0.05) is 30.1 Å². The van der Waals surface area contributed by atoms with Crippen LogP contribution in [0.2, 0.25) is 0 Å². The summed E-state index contributed by atoms with van der Waals surface area (Å²) in [6, 6.07) is 0. The van der Waals surface area contributed by atoms with E-state index >= 15 is 0 Å². The topological polar surface area (TPSA) is 180 Å². The number of hydrogen-bond acceptors (Lipinski definition) is 8. The summed E-state index contributed by atoms with van der Waals surface area (Å²) in [5.41, 5.74) is 0.404. The lowest BCUT2D eigenvalue weighted by Gasteiger charge is -2.27. The quantitative estimate of drug-likeness (QED) is 0.140. The molecule has 11 nitrogen and oxygen atoms in total. The molecule has 0 aliphatic rings. The van der Waals surface area contributed by atoms with Crippen molar-refractivity contribution in [3.8, 4) is 0 Å². The maximum Gasteiger partial charge on any atom is 0.253 e. The van der Waals surface area contributed by atoms with E-state index in [0.717, 1.165) is 0 Å². The molecule has 3 amide bonds. The fraction of sp³-hybridized carbons (Fsp3) is 0.500. The molecule has 180 valence electrons. The van der Waals surface area contributed by atoms with E-state index in [1.54, 1.807) is 0 Å². The van der Waals surface area contributed by atoms with Gasteiger partial charge in [-0.15, -0.1) is 0 Å². The first-order valence-electron chi connectivity index (χ1n) is 9.25. The second-order valence-corrected chi connectivity index (χ2v) is 9.76. The number of hydrogen-bond donors (Lipinski definition) is 7. The molecule has 0 bridgehead atoms. The van der Waals surface area contributed by atoms with Gasteiger partial charge in [0.25, 0.3) is 11.8 Å². The van der Waals surface area contributed by atoms with Crippen molar-refractivity contribution in [2.24, 2.45) is 0 Å². The second-order valence-electron chi connectivity index (χ2n) is 6.53. The highest BCUT2D eigenvalue weighted by molar-refractivity contribution is 14.1. The van der Waals surface area contributed by atoms with Crippen molar-refractivity contribution >= 4 is 91.2 Å². The Morgan fingerprint density at radius 1 is 0.844 bits per heavy atom. The van der Waals surface area contributed by atoms with Gasteiger partial charge in [-0.25, -0.2) is 0 Å². The molecule has 0 aliphatic heterocycles. The molecule has 0 aromatic heterocycles. The lowest BCUT2D eigenvalue weighted by Crippen LogP contribution is -2.39. The number of nitrogens with one attached hydrogen (secondary N) is 2. The van der Waals surface area contributed by atoms with Gasteiger partial charge >= 0.3 is 0 Å². The third-order valence-electron chi connectivity index (χ3n) is 4.14. The standard InChI is InChI=1S/C18H24I3N3O8/c1-8(28)24(2-3-25)16-14(20)11(17(31)22-4-9(29)6-26)13(19)12(15(16)21)18(32)23-5-10(30)7-27/h9-10,25-27,29-30H,2-7H2,1H3,(H,22,31)(H,23,32)/t9-,10-/m1/s1. The van der Waals surface area contributed by atoms with Gasteiger partial charge in [-0.3, -0.25) is 14.4 Å². The normalized spacial score (nSPS) is 12.8. The molecule has 0 saturated carbocycles. The molecular formula is C18H24I3N3O8. The van der Waals surface area contributed by atoms with Crippen LogP contribution in [0.1, 0.15) is 27.6 Å². The highest BCUT2D eigenvalue weighted by Gasteiger charge is 2.31. The summed E-state index contributed by atoms with van der Waals surface area (Å²) in [4.78, 5) is 39.4. The molecule has 1 aromatic carbocycles. The van der Waals surface area contributed by atoms with Crippen LogP contribution < -0.4 is 15.5 Å². The Labute approximate surface area is 225 Å². The van der Waals surface area contributed by atoms with E-state index in [9.17, 15) is 29.7 Å². The Balaban J connectivity index is 3.67. The predicted molar refractivity (Wildman–Crippen MR) is 141 cm³/mol. The maximum absolute atomic E-state index is 12.9. The van der Waals surface area contributed by atoms with E-state index in [0.29, 0.717) is 7.14 Å². The molecule has 0 heterocycles. The van der Waals surface area contributed by atoms with E-state index in [2.05, 4.69) is 10.6 Å². The fourth-order valence-corrected chi connectivity index (χ4v) is 7.27. The van der Waals surface area contributed by atoms with Gasteiger partial charge in [0.05, 0.1) is 56.0 Å². The zero-order valence-corrected chi connectivity index (χ0v) is 23.4. The van der Waals surface area contributed by atoms with E-state index < -0.39 is 43.1 Å². The number of amides is 3. The Hall–Kier alpha value is -0.380. The van der Waals surface area contributed by atoms with E-state index in [1.807, 2.05) is 67.8 Å². The highest BCUT2D eigenvalue weighted by Crippen LogP contribution is 2.38. The summed E-state index contributed by atoms with van der Waals surface area (Å²) in [6.45, 7) is -0.721. The lowest BCUT2D eigenvalue weighted by atomic mass is 10.1. The molecule has 1 aromatic rings. The zero-order valence-electron chi connectivity index (χ0n) is 16.9. The smallest absolute Gasteiger partial charge is 0.253 e. The first kappa shape index (κ1) is 29.7. The lowest BCUT2D eigenvalue weighted by molar-refractivity contribution is -0.116. The summed E-state index contributed by atoms with van der Waals surface area (Å²) in [7, 11) is 0. The maximum atomic E-state index is 12.9. The van der Waals surface area contributed by atoms with Gasteiger partial charge in [0.15, 0.2) is 0 Å². The van der Waals surface area contributed by atoms with Crippen LogP contribution in [0.4, 0.5) is 5.69 Å². The molecule has 0 spiro atoms. The second kappa shape index (κ2) is 14.1. The number of aliphatic hydroxyl groups excluding tert-OH is 5. The monoisotopic (exact) mass is 791 g/mol.